The van der Waals surface area contributed by atoms with E-state index in [1.165, 1.54) is 22.8 Å². The number of hydrogen-bond acceptors (Lipinski definition) is 5. The van der Waals surface area contributed by atoms with Crippen LogP contribution in [0.3, 0.4) is 0 Å². The molecule has 32 heavy (non-hydrogen) atoms. The van der Waals surface area contributed by atoms with Crippen molar-refractivity contribution >= 4 is 23.3 Å². The Morgan fingerprint density at radius 3 is 2.59 bits per heavy atom. The predicted octanol–water partition coefficient (Wildman–Crippen LogP) is 2.84. The Bertz CT molecular complexity index is 1250. The van der Waals surface area contributed by atoms with Crippen molar-refractivity contribution in [2.75, 3.05) is 20.8 Å². The molecule has 2 N–H and O–H groups in total. The van der Waals surface area contributed by atoms with E-state index in [0.717, 1.165) is 25.1 Å². The number of para-hydroxylation sites is 1. The second-order valence-electron chi connectivity index (χ2n) is 8.43. The van der Waals surface area contributed by atoms with Gasteiger partial charge in [0.15, 0.2) is 0 Å². The standard InChI is InChI=1S/C24H27N3O4.ClH/c1-30-19-7-3-5-16-15(19)10-9-14-13-25-18(21(14)16)11-12-27-23(28)17-6-4-8-20(31-2)22(17)26-24(27)29;/h3-8,14,18,21,25H,9-13H2,1-2H3,(H,26,29);1H. The van der Waals surface area contributed by atoms with Crippen LogP contribution in [0, 0.1) is 5.92 Å². The highest BCUT2D eigenvalue weighted by molar-refractivity contribution is 5.85. The summed E-state index contributed by atoms with van der Waals surface area (Å²) in [4.78, 5) is 28.6. The topological polar surface area (TPSA) is 85.3 Å². The highest BCUT2D eigenvalue weighted by atomic mass is 35.5. The van der Waals surface area contributed by atoms with Crippen molar-refractivity contribution in [3.8, 4) is 11.5 Å². The fourth-order valence-electron chi connectivity index (χ4n) is 5.49. The molecule has 0 spiro atoms. The molecule has 7 nitrogen and oxygen atoms in total. The minimum atomic E-state index is -0.401. The number of aromatic amines is 1. The number of H-pyrrole nitrogens is 1. The Hall–Kier alpha value is -2.77. The van der Waals surface area contributed by atoms with Gasteiger partial charge in [0.2, 0.25) is 0 Å². The van der Waals surface area contributed by atoms with E-state index in [0.29, 0.717) is 41.5 Å². The van der Waals surface area contributed by atoms with Gasteiger partial charge in [-0.15, -0.1) is 12.4 Å². The number of rotatable bonds is 5. The van der Waals surface area contributed by atoms with Crippen LogP contribution in [-0.4, -0.2) is 36.4 Å². The highest BCUT2D eigenvalue weighted by Gasteiger charge is 2.40. The van der Waals surface area contributed by atoms with Gasteiger partial charge in [0.1, 0.15) is 11.5 Å². The van der Waals surface area contributed by atoms with Gasteiger partial charge in [-0.2, -0.15) is 0 Å². The largest absolute Gasteiger partial charge is 0.496 e. The molecular weight excluding hydrogens is 430 g/mol. The van der Waals surface area contributed by atoms with Crippen molar-refractivity contribution in [3.05, 3.63) is 68.4 Å². The minimum Gasteiger partial charge on any atom is -0.496 e. The average Bonchev–Trinajstić information content (AvgIpc) is 3.21. The van der Waals surface area contributed by atoms with Crippen LogP contribution in [0.15, 0.2) is 46.0 Å². The number of ether oxygens (including phenoxy) is 2. The van der Waals surface area contributed by atoms with E-state index in [2.05, 4.69) is 22.4 Å². The summed E-state index contributed by atoms with van der Waals surface area (Å²) in [6.45, 7) is 1.33. The summed E-state index contributed by atoms with van der Waals surface area (Å²) in [6.07, 6.45) is 2.86. The summed E-state index contributed by atoms with van der Waals surface area (Å²) in [5.41, 5.74) is 2.41. The molecule has 1 aliphatic heterocycles. The van der Waals surface area contributed by atoms with Gasteiger partial charge in [-0.3, -0.25) is 9.36 Å². The molecule has 170 valence electrons. The van der Waals surface area contributed by atoms with Crippen LogP contribution in [0.4, 0.5) is 0 Å². The normalized spacial score (nSPS) is 21.5. The maximum absolute atomic E-state index is 13.0. The number of methoxy groups -OCH3 is 2. The molecule has 1 aromatic heterocycles. The second kappa shape index (κ2) is 9.00. The van der Waals surface area contributed by atoms with E-state index >= 15 is 0 Å². The van der Waals surface area contributed by atoms with Gasteiger partial charge in [-0.1, -0.05) is 18.2 Å². The van der Waals surface area contributed by atoms with Crippen molar-refractivity contribution in [2.24, 2.45) is 5.92 Å². The summed E-state index contributed by atoms with van der Waals surface area (Å²) in [7, 11) is 3.25. The smallest absolute Gasteiger partial charge is 0.328 e. The molecule has 0 bridgehead atoms. The zero-order valence-corrected chi connectivity index (χ0v) is 19.0. The van der Waals surface area contributed by atoms with E-state index in [9.17, 15) is 9.59 Å². The Labute approximate surface area is 192 Å². The first-order valence-corrected chi connectivity index (χ1v) is 10.8. The molecule has 8 heteroatoms. The van der Waals surface area contributed by atoms with E-state index in [1.54, 1.807) is 25.3 Å². The molecule has 2 aromatic carbocycles. The average molecular weight is 458 g/mol. The van der Waals surface area contributed by atoms with E-state index in [-0.39, 0.29) is 24.0 Å². The summed E-state index contributed by atoms with van der Waals surface area (Å²) in [5.74, 6) is 2.39. The lowest BCUT2D eigenvalue weighted by Crippen LogP contribution is -2.38. The van der Waals surface area contributed by atoms with Crippen molar-refractivity contribution in [1.29, 1.82) is 0 Å². The summed E-state index contributed by atoms with van der Waals surface area (Å²) in [6, 6.07) is 11.7. The van der Waals surface area contributed by atoms with Crippen LogP contribution < -0.4 is 26.0 Å². The third-order valence-corrected chi connectivity index (χ3v) is 6.96. The Kier molecular flexibility index (Phi) is 6.31. The van der Waals surface area contributed by atoms with Crippen molar-refractivity contribution < 1.29 is 9.47 Å². The van der Waals surface area contributed by atoms with Gasteiger partial charge in [-0.05, 0) is 61.1 Å². The Morgan fingerprint density at radius 2 is 1.81 bits per heavy atom. The number of benzene rings is 2. The SMILES string of the molecule is COc1cccc2c1CCC1CNC(CCn3c(=O)[nH]c4c(OC)cccc4c3=O)C21.Cl. The first-order chi connectivity index (χ1) is 15.1. The second-order valence-corrected chi connectivity index (χ2v) is 8.43. The molecule has 3 atom stereocenters. The zero-order valence-electron chi connectivity index (χ0n) is 18.2. The predicted molar refractivity (Wildman–Crippen MR) is 127 cm³/mol. The molecule has 0 amide bonds. The first kappa shape index (κ1) is 22.4. The summed E-state index contributed by atoms with van der Waals surface area (Å²) in [5, 5.41) is 4.12. The molecule has 3 unspecified atom stereocenters. The summed E-state index contributed by atoms with van der Waals surface area (Å²) < 4.78 is 12.2. The number of hydrogen-bond donors (Lipinski definition) is 2. The van der Waals surface area contributed by atoms with Crippen LogP contribution in [0.25, 0.3) is 10.9 Å². The van der Waals surface area contributed by atoms with Crippen molar-refractivity contribution in [3.63, 3.8) is 0 Å². The number of fused-ring (bicyclic) bond motifs is 4. The van der Waals surface area contributed by atoms with Crippen molar-refractivity contribution in [1.82, 2.24) is 14.9 Å². The quantitative estimate of drug-likeness (QED) is 0.615. The van der Waals surface area contributed by atoms with Gasteiger partial charge in [0.05, 0.1) is 25.1 Å². The van der Waals surface area contributed by atoms with Gasteiger partial charge >= 0.3 is 5.69 Å². The number of aromatic nitrogens is 2. The maximum Gasteiger partial charge on any atom is 0.328 e. The fraction of sp³-hybridized carbons (Fsp3) is 0.417. The Balaban J connectivity index is 0.00000245. The number of nitrogens with one attached hydrogen (secondary N) is 2. The van der Waals surface area contributed by atoms with Gasteiger partial charge < -0.3 is 19.8 Å². The lowest BCUT2D eigenvalue weighted by molar-refractivity contribution is 0.371. The lowest BCUT2D eigenvalue weighted by Gasteiger charge is -2.32. The van der Waals surface area contributed by atoms with Crippen LogP contribution in [-0.2, 0) is 13.0 Å². The maximum atomic E-state index is 13.0. The van der Waals surface area contributed by atoms with E-state index < -0.39 is 5.69 Å². The van der Waals surface area contributed by atoms with Crippen LogP contribution >= 0.6 is 12.4 Å². The number of nitrogens with zero attached hydrogens (tertiary/aromatic N) is 1. The first-order valence-electron chi connectivity index (χ1n) is 10.8. The molecular formula is C24H28ClN3O4. The molecule has 2 heterocycles. The third kappa shape index (κ3) is 3.59. The highest BCUT2D eigenvalue weighted by Crippen LogP contribution is 2.45. The molecule has 1 aliphatic carbocycles. The van der Waals surface area contributed by atoms with Crippen LogP contribution in [0.5, 0.6) is 11.5 Å². The van der Waals surface area contributed by atoms with E-state index in [1.807, 2.05) is 6.07 Å². The molecule has 0 saturated carbocycles. The van der Waals surface area contributed by atoms with Gasteiger partial charge in [0, 0.05) is 18.5 Å². The van der Waals surface area contributed by atoms with Crippen molar-refractivity contribution in [2.45, 2.75) is 37.8 Å². The lowest BCUT2D eigenvalue weighted by atomic mass is 9.73. The Morgan fingerprint density at radius 1 is 1.06 bits per heavy atom. The third-order valence-electron chi connectivity index (χ3n) is 6.96. The fourth-order valence-corrected chi connectivity index (χ4v) is 5.49. The van der Waals surface area contributed by atoms with Gasteiger partial charge in [-0.25, -0.2) is 4.79 Å². The van der Waals surface area contributed by atoms with Crippen LogP contribution in [0.1, 0.15) is 29.9 Å². The molecule has 1 fully saturated rings. The molecule has 3 aromatic rings. The molecule has 5 rings (SSSR count). The zero-order chi connectivity index (χ0) is 21.5. The van der Waals surface area contributed by atoms with Crippen LogP contribution in [0.2, 0.25) is 0 Å². The number of halogens is 1. The molecule has 2 aliphatic rings. The van der Waals surface area contributed by atoms with Gasteiger partial charge in [0.25, 0.3) is 5.56 Å². The van der Waals surface area contributed by atoms with E-state index in [4.69, 9.17) is 9.47 Å². The summed E-state index contributed by atoms with van der Waals surface area (Å²) >= 11 is 0. The monoisotopic (exact) mass is 457 g/mol. The molecule has 1 saturated heterocycles. The molecule has 0 radical (unpaired) electrons. The minimum absolute atomic E-state index is 0.